The van der Waals surface area contributed by atoms with Crippen molar-refractivity contribution < 1.29 is 18.6 Å². The van der Waals surface area contributed by atoms with Crippen LogP contribution < -0.4 is 5.48 Å². The molecule has 2 aromatic rings. The molecule has 5 nitrogen and oxygen atoms in total. The third kappa shape index (κ3) is 7.42. The first-order chi connectivity index (χ1) is 16.8. The quantitative estimate of drug-likeness (QED) is 0.267. The van der Waals surface area contributed by atoms with Crippen LogP contribution in [0.4, 0.5) is 0 Å². The molecule has 3 rings (SSSR count). The van der Waals surface area contributed by atoms with Gasteiger partial charge in [0.2, 0.25) is 0 Å². The van der Waals surface area contributed by atoms with Crippen molar-refractivity contribution in [3.05, 3.63) is 70.9 Å². The molecule has 0 amide bonds. The van der Waals surface area contributed by atoms with E-state index in [9.17, 15) is 9.00 Å². The number of halogens is 1. The molecule has 0 saturated heterocycles. The van der Waals surface area contributed by atoms with Gasteiger partial charge in [0.05, 0.1) is 5.56 Å². The second-order valence-corrected chi connectivity index (χ2v) is 11.7. The summed E-state index contributed by atoms with van der Waals surface area (Å²) in [5.41, 5.74) is 5.53. The number of ether oxygens (including phenoxy) is 1. The minimum absolute atomic E-state index is 0.117. The standard InChI is InChI=1S/C28H36ClNO4S/c1-5-26(30-33-18-19(3)29)25-15-14-21(16-20(4)35(32)6-2)17-27(25)34-28(31)24-13-9-11-22-10-7-8-12-23(22)24/h7-13,20-21,27,30H,3,5-6,14-18H2,1-2,4H3. The SMILES string of the molecule is C=C(Cl)CONC(CC)=C1CCC(CC(C)S(=O)CC)CC1OC(=O)c1cccc2ccccc12. The van der Waals surface area contributed by atoms with Crippen molar-refractivity contribution in [1.29, 1.82) is 0 Å². The summed E-state index contributed by atoms with van der Waals surface area (Å²) in [6.45, 7) is 9.88. The van der Waals surface area contributed by atoms with Gasteiger partial charge in [-0.25, -0.2) is 4.79 Å². The number of carbonyl (C=O) groups excluding carboxylic acids is 1. The first-order valence-corrected chi connectivity index (χ1v) is 14.1. The van der Waals surface area contributed by atoms with E-state index in [2.05, 4.69) is 12.1 Å². The van der Waals surface area contributed by atoms with Crippen LogP contribution in [0.3, 0.4) is 0 Å². The van der Waals surface area contributed by atoms with Gasteiger partial charge in [-0.15, -0.1) is 0 Å². The number of allylic oxidation sites excluding steroid dienone is 1. The number of nitrogens with one attached hydrogen (secondary N) is 1. The van der Waals surface area contributed by atoms with Crippen LogP contribution in [0.2, 0.25) is 0 Å². The van der Waals surface area contributed by atoms with Gasteiger partial charge in [-0.2, -0.15) is 0 Å². The normalized spacial score (nSPS) is 21.3. The fourth-order valence-electron chi connectivity index (χ4n) is 4.79. The lowest BCUT2D eigenvalue weighted by atomic mass is 9.80. The Balaban J connectivity index is 1.86. The average Bonchev–Trinajstić information content (AvgIpc) is 2.86. The second kappa shape index (κ2) is 13.2. The highest BCUT2D eigenvalue weighted by Crippen LogP contribution is 2.36. The van der Waals surface area contributed by atoms with Crippen molar-refractivity contribution >= 4 is 39.1 Å². The average molecular weight is 518 g/mol. The summed E-state index contributed by atoms with van der Waals surface area (Å²) in [4.78, 5) is 18.9. The van der Waals surface area contributed by atoms with Gasteiger partial charge in [0, 0.05) is 32.5 Å². The summed E-state index contributed by atoms with van der Waals surface area (Å²) >= 11 is 5.84. The topological polar surface area (TPSA) is 64.6 Å². The zero-order chi connectivity index (χ0) is 25.4. The Kier molecular flexibility index (Phi) is 10.4. The smallest absolute Gasteiger partial charge is 0.339 e. The predicted molar refractivity (Wildman–Crippen MR) is 145 cm³/mol. The number of fused-ring (bicyclic) bond motifs is 1. The van der Waals surface area contributed by atoms with Crippen molar-refractivity contribution in [2.24, 2.45) is 5.92 Å². The molecule has 7 heteroatoms. The van der Waals surface area contributed by atoms with E-state index >= 15 is 0 Å². The number of benzene rings is 2. The summed E-state index contributed by atoms with van der Waals surface area (Å²) in [5.74, 6) is 0.655. The van der Waals surface area contributed by atoms with Crippen molar-refractivity contribution in [1.82, 2.24) is 5.48 Å². The molecule has 2 aromatic carbocycles. The maximum absolute atomic E-state index is 13.4. The van der Waals surface area contributed by atoms with Crippen molar-refractivity contribution in [3.8, 4) is 0 Å². The van der Waals surface area contributed by atoms with Crippen LogP contribution in [0.15, 0.2) is 65.3 Å². The summed E-state index contributed by atoms with van der Waals surface area (Å²) in [5, 5.41) is 2.40. The van der Waals surface area contributed by atoms with Crippen molar-refractivity contribution in [2.45, 2.75) is 64.2 Å². The molecule has 1 fully saturated rings. The minimum atomic E-state index is -0.842. The Bertz CT molecular complexity index is 1090. The van der Waals surface area contributed by atoms with Crippen LogP contribution in [0.5, 0.6) is 0 Å². The predicted octanol–water partition coefficient (Wildman–Crippen LogP) is 6.65. The van der Waals surface area contributed by atoms with Crippen LogP contribution in [-0.4, -0.2) is 33.9 Å². The highest BCUT2D eigenvalue weighted by atomic mass is 35.5. The molecule has 1 N–H and O–H groups in total. The molecule has 4 atom stereocenters. The van der Waals surface area contributed by atoms with Crippen LogP contribution in [0, 0.1) is 5.92 Å². The molecule has 4 unspecified atom stereocenters. The zero-order valence-corrected chi connectivity index (χ0v) is 22.4. The summed E-state index contributed by atoms with van der Waals surface area (Å²) in [6.07, 6.45) is 3.61. The maximum Gasteiger partial charge on any atom is 0.339 e. The number of rotatable bonds is 11. The van der Waals surface area contributed by atoms with E-state index in [-0.39, 0.29) is 23.9 Å². The number of esters is 1. The summed E-state index contributed by atoms with van der Waals surface area (Å²) in [7, 11) is -0.842. The van der Waals surface area contributed by atoms with E-state index in [1.165, 1.54) is 0 Å². The molecule has 1 saturated carbocycles. The molecule has 0 radical (unpaired) electrons. The van der Waals surface area contributed by atoms with Gasteiger partial charge in [-0.3, -0.25) is 14.5 Å². The summed E-state index contributed by atoms with van der Waals surface area (Å²) in [6, 6.07) is 13.5. The molecule has 0 spiro atoms. The zero-order valence-electron chi connectivity index (χ0n) is 20.8. The second-order valence-electron chi connectivity index (χ2n) is 9.04. The van der Waals surface area contributed by atoms with Gasteiger partial charge in [0.25, 0.3) is 0 Å². The molecular weight excluding hydrogens is 482 g/mol. The first-order valence-electron chi connectivity index (χ1n) is 12.3. The number of hydrogen-bond donors (Lipinski definition) is 1. The van der Waals surface area contributed by atoms with Gasteiger partial charge in [0.15, 0.2) is 0 Å². The number of carbonyl (C=O) groups is 1. The van der Waals surface area contributed by atoms with Crippen LogP contribution in [0.25, 0.3) is 10.8 Å². The van der Waals surface area contributed by atoms with Gasteiger partial charge in [0.1, 0.15) is 12.7 Å². The molecule has 1 aliphatic rings. The highest BCUT2D eigenvalue weighted by molar-refractivity contribution is 7.85. The van der Waals surface area contributed by atoms with E-state index in [4.69, 9.17) is 21.2 Å². The maximum atomic E-state index is 13.4. The number of hydroxylamine groups is 1. The van der Waals surface area contributed by atoms with Gasteiger partial charge < -0.3 is 4.74 Å². The van der Waals surface area contributed by atoms with Crippen LogP contribution in [-0.2, 0) is 20.4 Å². The first kappa shape index (κ1) is 27.4. The Morgan fingerprint density at radius 2 is 1.97 bits per heavy atom. The van der Waals surface area contributed by atoms with Crippen molar-refractivity contribution in [2.75, 3.05) is 12.4 Å². The Labute approximate surface area is 216 Å². The molecule has 0 aliphatic heterocycles. The fourth-order valence-corrected chi connectivity index (χ4v) is 5.90. The van der Waals surface area contributed by atoms with Crippen LogP contribution in [0.1, 0.15) is 63.2 Å². The lowest BCUT2D eigenvalue weighted by molar-refractivity contribution is 0.0255. The Morgan fingerprint density at radius 1 is 1.23 bits per heavy atom. The molecule has 0 aromatic heterocycles. The molecule has 35 heavy (non-hydrogen) atoms. The third-order valence-electron chi connectivity index (χ3n) is 6.58. The van der Waals surface area contributed by atoms with E-state index in [1.807, 2.05) is 63.2 Å². The molecular formula is C28H36ClNO4S. The highest BCUT2D eigenvalue weighted by Gasteiger charge is 2.32. The molecule has 0 heterocycles. The number of hydrogen-bond acceptors (Lipinski definition) is 5. The summed E-state index contributed by atoms with van der Waals surface area (Å²) < 4.78 is 18.5. The largest absolute Gasteiger partial charge is 0.454 e. The Morgan fingerprint density at radius 3 is 2.69 bits per heavy atom. The van der Waals surface area contributed by atoms with Crippen LogP contribution >= 0.6 is 11.6 Å². The van der Waals surface area contributed by atoms with E-state index in [0.29, 0.717) is 35.1 Å². The van der Waals surface area contributed by atoms with Gasteiger partial charge >= 0.3 is 5.97 Å². The lowest BCUT2D eigenvalue weighted by Gasteiger charge is -2.34. The lowest BCUT2D eigenvalue weighted by Crippen LogP contribution is -2.33. The fraction of sp³-hybridized carbons (Fsp3) is 0.464. The van der Waals surface area contributed by atoms with Gasteiger partial charge in [-0.05, 0) is 60.4 Å². The third-order valence-corrected chi connectivity index (χ3v) is 8.35. The molecule has 0 bridgehead atoms. The molecule has 1 aliphatic carbocycles. The molecule has 190 valence electrons. The minimum Gasteiger partial charge on any atom is -0.454 e. The van der Waals surface area contributed by atoms with E-state index in [0.717, 1.165) is 41.3 Å². The monoisotopic (exact) mass is 517 g/mol. The van der Waals surface area contributed by atoms with Crippen molar-refractivity contribution in [3.63, 3.8) is 0 Å². The van der Waals surface area contributed by atoms with E-state index < -0.39 is 10.8 Å². The van der Waals surface area contributed by atoms with Gasteiger partial charge in [-0.1, -0.05) is 75.3 Å². The van der Waals surface area contributed by atoms with E-state index in [1.54, 1.807) is 0 Å². The Hall–Kier alpha value is -2.15.